The first-order valence-electron chi connectivity index (χ1n) is 4.23. The van der Waals surface area contributed by atoms with Crippen LogP contribution < -0.4 is 5.32 Å². The lowest BCUT2D eigenvalue weighted by Gasteiger charge is -2.12. The number of aliphatic hydroxyl groups is 1. The van der Waals surface area contributed by atoms with Crippen LogP contribution in [0.15, 0.2) is 0 Å². The highest BCUT2D eigenvalue weighted by molar-refractivity contribution is 4.62. The summed E-state index contributed by atoms with van der Waals surface area (Å²) in [4.78, 5) is 0. The quantitative estimate of drug-likeness (QED) is 0.607. The van der Waals surface area contributed by atoms with Crippen molar-refractivity contribution in [3.8, 4) is 0 Å². The Morgan fingerprint density at radius 3 is 2.33 bits per heavy atom. The SMILES string of the molecule is CC(O)CCCNC(C)C(F)F. The average Bonchev–Trinajstić information content (AvgIpc) is 1.97. The van der Waals surface area contributed by atoms with Gasteiger partial charge in [0, 0.05) is 0 Å². The number of aliphatic hydroxyl groups excluding tert-OH is 1. The minimum atomic E-state index is -2.31. The highest BCUT2D eigenvalue weighted by Crippen LogP contribution is 2.00. The van der Waals surface area contributed by atoms with E-state index in [9.17, 15) is 8.78 Å². The summed E-state index contributed by atoms with van der Waals surface area (Å²) in [6, 6.07) is -0.751. The number of halogens is 2. The number of hydrogen-bond acceptors (Lipinski definition) is 2. The van der Waals surface area contributed by atoms with E-state index in [2.05, 4.69) is 5.32 Å². The molecule has 0 radical (unpaired) electrons. The predicted octanol–water partition coefficient (Wildman–Crippen LogP) is 1.39. The van der Waals surface area contributed by atoms with E-state index in [4.69, 9.17) is 5.11 Å². The van der Waals surface area contributed by atoms with Gasteiger partial charge >= 0.3 is 0 Å². The lowest BCUT2D eigenvalue weighted by Crippen LogP contribution is -2.33. The monoisotopic (exact) mass is 181 g/mol. The maximum atomic E-state index is 11.9. The molecule has 0 spiro atoms. The van der Waals surface area contributed by atoms with Crippen molar-refractivity contribution in [2.24, 2.45) is 0 Å². The fraction of sp³-hybridized carbons (Fsp3) is 1.00. The Labute approximate surface area is 72.0 Å². The van der Waals surface area contributed by atoms with Crippen LogP contribution in [0.2, 0.25) is 0 Å². The number of rotatable bonds is 6. The van der Waals surface area contributed by atoms with Gasteiger partial charge in [0.25, 0.3) is 6.43 Å². The Balaban J connectivity index is 3.20. The summed E-state index contributed by atoms with van der Waals surface area (Å²) in [6.07, 6.45) is -1.26. The lowest BCUT2D eigenvalue weighted by atomic mass is 10.2. The Kier molecular flexibility index (Phi) is 6.20. The molecule has 0 aliphatic rings. The van der Waals surface area contributed by atoms with Crippen LogP contribution in [0.5, 0.6) is 0 Å². The zero-order valence-electron chi connectivity index (χ0n) is 7.56. The first-order chi connectivity index (χ1) is 5.54. The van der Waals surface area contributed by atoms with Gasteiger partial charge in [-0.2, -0.15) is 0 Å². The summed E-state index contributed by atoms with van der Waals surface area (Å²) in [7, 11) is 0. The molecular formula is C8H17F2NO. The number of alkyl halides is 2. The van der Waals surface area contributed by atoms with E-state index < -0.39 is 12.5 Å². The van der Waals surface area contributed by atoms with Gasteiger partial charge in [0.05, 0.1) is 12.1 Å². The smallest absolute Gasteiger partial charge is 0.253 e. The molecule has 0 aromatic carbocycles. The van der Waals surface area contributed by atoms with Gasteiger partial charge in [-0.3, -0.25) is 0 Å². The Hall–Kier alpha value is -0.220. The molecular weight excluding hydrogens is 164 g/mol. The van der Waals surface area contributed by atoms with E-state index >= 15 is 0 Å². The van der Waals surface area contributed by atoms with E-state index in [1.54, 1.807) is 6.92 Å². The molecule has 2 unspecified atom stereocenters. The summed E-state index contributed by atoms with van der Waals surface area (Å²) in [5, 5.41) is 11.5. The third-order valence-corrected chi connectivity index (χ3v) is 1.64. The van der Waals surface area contributed by atoms with Gasteiger partial charge in [0.2, 0.25) is 0 Å². The molecule has 2 atom stereocenters. The Morgan fingerprint density at radius 2 is 1.92 bits per heavy atom. The second-order valence-corrected chi connectivity index (χ2v) is 3.07. The van der Waals surface area contributed by atoms with Crippen LogP contribution in [-0.2, 0) is 0 Å². The summed E-state index contributed by atoms with van der Waals surface area (Å²) in [5.41, 5.74) is 0. The van der Waals surface area contributed by atoms with Gasteiger partial charge in [0.1, 0.15) is 0 Å². The fourth-order valence-electron chi connectivity index (χ4n) is 0.816. The lowest BCUT2D eigenvalue weighted by molar-refractivity contribution is 0.105. The maximum absolute atomic E-state index is 11.9. The third kappa shape index (κ3) is 6.49. The molecule has 0 fully saturated rings. The molecule has 0 amide bonds. The molecule has 74 valence electrons. The fourth-order valence-corrected chi connectivity index (χ4v) is 0.816. The minimum Gasteiger partial charge on any atom is -0.393 e. The highest BCUT2D eigenvalue weighted by Gasteiger charge is 2.12. The molecule has 2 N–H and O–H groups in total. The van der Waals surface area contributed by atoms with Gasteiger partial charge in [-0.25, -0.2) is 8.78 Å². The van der Waals surface area contributed by atoms with Crippen LogP contribution >= 0.6 is 0 Å². The largest absolute Gasteiger partial charge is 0.393 e. The van der Waals surface area contributed by atoms with Crippen molar-refractivity contribution in [1.29, 1.82) is 0 Å². The van der Waals surface area contributed by atoms with Crippen molar-refractivity contribution >= 4 is 0 Å². The van der Waals surface area contributed by atoms with Crippen LogP contribution in [0.1, 0.15) is 26.7 Å². The molecule has 0 aromatic heterocycles. The second kappa shape index (κ2) is 6.31. The number of nitrogens with one attached hydrogen (secondary N) is 1. The van der Waals surface area contributed by atoms with E-state index in [1.165, 1.54) is 6.92 Å². The maximum Gasteiger partial charge on any atom is 0.253 e. The molecule has 0 bridgehead atoms. The molecule has 0 saturated heterocycles. The number of hydrogen-bond donors (Lipinski definition) is 2. The van der Waals surface area contributed by atoms with E-state index in [-0.39, 0.29) is 6.10 Å². The van der Waals surface area contributed by atoms with E-state index in [1.807, 2.05) is 0 Å². The van der Waals surface area contributed by atoms with E-state index in [0.29, 0.717) is 13.0 Å². The first-order valence-corrected chi connectivity index (χ1v) is 4.23. The van der Waals surface area contributed by atoms with Crippen LogP contribution in [0.3, 0.4) is 0 Å². The van der Waals surface area contributed by atoms with E-state index in [0.717, 1.165) is 6.42 Å². The van der Waals surface area contributed by atoms with Gasteiger partial charge in [-0.05, 0) is 33.2 Å². The summed E-state index contributed by atoms with van der Waals surface area (Å²) in [6.45, 7) is 3.68. The molecule has 0 aliphatic carbocycles. The van der Waals surface area contributed by atoms with Crippen molar-refractivity contribution in [3.63, 3.8) is 0 Å². The average molecular weight is 181 g/mol. The molecule has 4 heteroatoms. The summed E-state index contributed by atoms with van der Waals surface area (Å²) in [5.74, 6) is 0. The second-order valence-electron chi connectivity index (χ2n) is 3.07. The standard InChI is InChI=1S/C8H17F2NO/c1-6(12)4-3-5-11-7(2)8(9)10/h6-8,11-12H,3-5H2,1-2H3. The molecule has 0 aromatic rings. The van der Waals surface area contributed by atoms with Crippen molar-refractivity contribution < 1.29 is 13.9 Å². The zero-order chi connectivity index (χ0) is 9.56. The van der Waals surface area contributed by atoms with Gasteiger partial charge in [0.15, 0.2) is 0 Å². The molecule has 0 aliphatic heterocycles. The molecule has 0 heterocycles. The van der Waals surface area contributed by atoms with Crippen LogP contribution in [0.25, 0.3) is 0 Å². The Bertz CT molecular complexity index is 109. The van der Waals surface area contributed by atoms with Gasteiger partial charge in [-0.15, -0.1) is 0 Å². The minimum absolute atomic E-state index is 0.339. The van der Waals surface area contributed by atoms with Crippen LogP contribution in [0, 0.1) is 0 Å². The molecule has 0 saturated carbocycles. The topological polar surface area (TPSA) is 32.3 Å². The van der Waals surface area contributed by atoms with Crippen LogP contribution in [-0.4, -0.2) is 30.2 Å². The van der Waals surface area contributed by atoms with Crippen LogP contribution in [0.4, 0.5) is 8.78 Å². The summed E-state index contributed by atoms with van der Waals surface area (Å²) < 4.78 is 23.8. The van der Waals surface area contributed by atoms with Crippen molar-refractivity contribution in [3.05, 3.63) is 0 Å². The Morgan fingerprint density at radius 1 is 1.33 bits per heavy atom. The van der Waals surface area contributed by atoms with Crippen molar-refractivity contribution in [2.45, 2.75) is 45.3 Å². The highest BCUT2D eigenvalue weighted by atomic mass is 19.3. The normalized spacial score (nSPS) is 16.5. The third-order valence-electron chi connectivity index (χ3n) is 1.64. The predicted molar refractivity (Wildman–Crippen MR) is 44.4 cm³/mol. The molecule has 12 heavy (non-hydrogen) atoms. The van der Waals surface area contributed by atoms with Crippen molar-refractivity contribution in [2.75, 3.05) is 6.54 Å². The zero-order valence-corrected chi connectivity index (χ0v) is 7.56. The van der Waals surface area contributed by atoms with Gasteiger partial charge in [-0.1, -0.05) is 0 Å². The van der Waals surface area contributed by atoms with Gasteiger partial charge < -0.3 is 10.4 Å². The first kappa shape index (κ1) is 11.8. The molecule has 0 rings (SSSR count). The van der Waals surface area contributed by atoms with Crippen molar-refractivity contribution in [1.82, 2.24) is 5.32 Å². The molecule has 2 nitrogen and oxygen atoms in total. The summed E-state index contributed by atoms with van der Waals surface area (Å²) >= 11 is 0.